The highest BCUT2D eigenvalue weighted by Gasteiger charge is 2.67. The van der Waals surface area contributed by atoms with E-state index in [0.29, 0.717) is 18.1 Å². The van der Waals surface area contributed by atoms with Crippen molar-refractivity contribution in [2.24, 2.45) is 5.92 Å². The summed E-state index contributed by atoms with van der Waals surface area (Å²) in [7, 11) is 0. The number of hydrogen-bond donors (Lipinski definition) is 0. The fourth-order valence-electron chi connectivity index (χ4n) is 3.64. The molecule has 0 bridgehead atoms. The first kappa shape index (κ1) is 14.6. The van der Waals surface area contributed by atoms with E-state index in [9.17, 15) is 4.79 Å². The molecule has 0 spiro atoms. The molecule has 114 valence electrons. The van der Waals surface area contributed by atoms with Crippen molar-refractivity contribution >= 4 is 5.97 Å². The van der Waals surface area contributed by atoms with Crippen LogP contribution >= 0.6 is 0 Å². The number of hydrogen-bond acceptors (Lipinski definition) is 3. The molecule has 2 atom stereocenters. The SMILES string of the molecule is C[C@]1(COC(=O)c2ccccc2)O[C@]1(C)C1CCCCC1. The molecule has 3 nitrogen and oxygen atoms in total. The van der Waals surface area contributed by atoms with Gasteiger partial charge in [0.25, 0.3) is 0 Å². The Morgan fingerprint density at radius 3 is 2.52 bits per heavy atom. The van der Waals surface area contributed by atoms with E-state index in [2.05, 4.69) is 13.8 Å². The van der Waals surface area contributed by atoms with Crippen LogP contribution in [-0.2, 0) is 9.47 Å². The fraction of sp³-hybridized carbons (Fsp3) is 0.611. The van der Waals surface area contributed by atoms with Gasteiger partial charge in [-0.05, 0) is 44.7 Å². The zero-order chi connectivity index (χ0) is 14.9. The van der Waals surface area contributed by atoms with Crippen LogP contribution in [0.15, 0.2) is 30.3 Å². The van der Waals surface area contributed by atoms with Gasteiger partial charge in [0.2, 0.25) is 0 Å². The third-order valence-electron chi connectivity index (χ3n) is 5.32. The summed E-state index contributed by atoms with van der Waals surface area (Å²) >= 11 is 0. The van der Waals surface area contributed by atoms with Crippen molar-refractivity contribution in [3.8, 4) is 0 Å². The van der Waals surface area contributed by atoms with Crippen LogP contribution < -0.4 is 0 Å². The van der Waals surface area contributed by atoms with Gasteiger partial charge >= 0.3 is 5.97 Å². The Morgan fingerprint density at radius 1 is 1.19 bits per heavy atom. The standard InChI is InChI=1S/C18H24O3/c1-17(13-20-16(19)14-9-5-3-6-10-14)18(2,21-17)15-11-7-4-8-12-15/h3,5-6,9-10,15H,4,7-8,11-13H2,1-2H3/t17-,18-/m1/s1. The third kappa shape index (κ3) is 2.71. The maximum atomic E-state index is 12.0. The molecule has 2 fully saturated rings. The second-order valence-electron chi connectivity index (χ2n) is 6.72. The monoisotopic (exact) mass is 288 g/mol. The van der Waals surface area contributed by atoms with Crippen LogP contribution in [0.2, 0.25) is 0 Å². The Labute approximate surface area is 126 Å². The molecule has 0 amide bonds. The average molecular weight is 288 g/mol. The van der Waals surface area contributed by atoms with Gasteiger partial charge in [0.1, 0.15) is 17.8 Å². The molecular weight excluding hydrogens is 264 g/mol. The predicted octanol–water partition coefficient (Wildman–Crippen LogP) is 3.97. The van der Waals surface area contributed by atoms with Crippen LogP contribution in [0.25, 0.3) is 0 Å². The van der Waals surface area contributed by atoms with Crippen LogP contribution in [0.1, 0.15) is 56.3 Å². The van der Waals surface area contributed by atoms with Crippen molar-refractivity contribution < 1.29 is 14.3 Å². The van der Waals surface area contributed by atoms with Crippen molar-refractivity contribution in [2.75, 3.05) is 6.61 Å². The lowest BCUT2D eigenvalue weighted by Crippen LogP contribution is -2.34. The van der Waals surface area contributed by atoms with E-state index < -0.39 is 0 Å². The molecule has 3 heteroatoms. The summed E-state index contributed by atoms with van der Waals surface area (Å²) in [6, 6.07) is 9.13. The van der Waals surface area contributed by atoms with Crippen LogP contribution in [0, 0.1) is 5.92 Å². The van der Waals surface area contributed by atoms with E-state index in [0.717, 1.165) is 0 Å². The van der Waals surface area contributed by atoms with Gasteiger partial charge in [0.15, 0.2) is 0 Å². The second kappa shape index (κ2) is 5.45. The van der Waals surface area contributed by atoms with Gasteiger partial charge < -0.3 is 9.47 Å². The number of carbonyl (C=O) groups excluding carboxylic acids is 1. The third-order valence-corrected chi connectivity index (χ3v) is 5.32. The van der Waals surface area contributed by atoms with Crippen LogP contribution in [0.4, 0.5) is 0 Å². The van der Waals surface area contributed by atoms with Crippen molar-refractivity contribution in [2.45, 2.75) is 57.2 Å². The molecule has 0 unspecified atom stereocenters. The van der Waals surface area contributed by atoms with Crippen LogP contribution in [-0.4, -0.2) is 23.8 Å². The molecule has 0 N–H and O–H groups in total. The van der Waals surface area contributed by atoms with Crippen molar-refractivity contribution in [3.05, 3.63) is 35.9 Å². The minimum absolute atomic E-state index is 0.121. The number of benzene rings is 1. The molecule has 1 aliphatic carbocycles. The number of esters is 1. The molecule has 1 aliphatic heterocycles. The molecule has 1 aromatic rings. The van der Waals surface area contributed by atoms with Crippen molar-refractivity contribution in [3.63, 3.8) is 0 Å². The molecule has 0 radical (unpaired) electrons. The van der Waals surface area contributed by atoms with E-state index in [-0.39, 0.29) is 17.2 Å². The highest BCUT2D eigenvalue weighted by Crippen LogP contribution is 2.56. The lowest BCUT2D eigenvalue weighted by Gasteiger charge is -2.27. The highest BCUT2D eigenvalue weighted by atomic mass is 16.7. The van der Waals surface area contributed by atoms with Gasteiger partial charge in [0.05, 0.1) is 5.56 Å². The summed E-state index contributed by atoms with van der Waals surface area (Å²) in [4.78, 5) is 12.0. The maximum Gasteiger partial charge on any atom is 0.338 e. The summed E-state index contributed by atoms with van der Waals surface area (Å²) in [6.07, 6.45) is 6.40. The number of carbonyl (C=O) groups is 1. The smallest absolute Gasteiger partial charge is 0.338 e. The summed E-state index contributed by atoms with van der Waals surface area (Å²) < 4.78 is 11.5. The minimum atomic E-state index is -0.320. The predicted molar refractivity (Wildman–Crippen MR) is 81.2 cm³/mol. The van der Waals surface area contributed by atoms with Gasteiger partial charge in [-0.3, -0.25) is 0 Å². The largest absolute Gasteiger partial charge is 0.459 e. The van der Waals surface area contributed by atoms with Gasteiger partial charge in [-0.25, -0.2) is 4.79 Å². The molecule has 1 heterocycles. The van der Waals surface area contributed by atoms with Gasteiger partial charge in [-0.1, -0.05) is 37.5 Å². The normalized spacial score (nSPS) is 32.7. The van der Waals surface area contributed by atoms with Gasteiger partial charge in [-0.2, -0.15) is 0 Å². The first-order chi connectivity index (χ1) is 10.1. The Hall–Kier alpha value is -1.35. The number of epoxide rings is 1. The molecule has 1 saturated heterocycles. The highest BCUT2D eigenvalue weighted by molar-refractivity contribution is 5.89. The Kier molecular flexibility index (Phi) is 3.78. The lowest BCUT2D eigenvalue weighted by molar-refractivity contribution is 0.0410. The maximum absolute atomic E-state index is 12.0. The molecule has 0 aromatic heterocycles. The zero-order valence-corrected chi connectivity index (χ0v) is 12.9. The molecule has 21 heavy (non-hydrogen) atoms. The van der Waals surface area contributed by atoms with E-state index in [4.69, 9.17) is 9.47 Å². The molecule has 1 aromatic carbocycles. The van der Waals surface area contributed by atoms with E-state index in [1.165, 1.54) is 32.1 Å². The van der Waals surface area contributed by atoms with Crippen LogP contribution in [0.5, 0.6) is 0 Å². The average Bonchev–Trinajstić information content (AvgIpc) is 3.10. The number of rotatable bonds is 4. The molecule has 3 rings (SSSR count). The van der Waals surface area contributed by atoms with E-state index in [1.54, 1.807) is 12.1 Å². The topological polar surface area (TPSA) is 38.8 Å². The first-order valence-corrected chi connectivity index (χ1v) is 7.97. The zero-order valence-electron chi connectivity index (χ0n) is 12.9. The quantitative estimate of drug-likeness (QED) is 0.621. The lowest BCUT2D eigenvalue weighted by atomic mass is 9.75. The van der Waals surface area contributed by atoms with Crippen molar-refractivity contribution in [1.82, 2.24) is 0 Å². The van der Waals surface area contributed by atoms with Crippen molar-refractivity contribution in [1.29, 1.82) is 0 Å². The minimum Gasteiger partial charge on any atom is -0.459 e. The molecule has 1 saturated carbocycles. The summed E-state index contributed by atoms with van der Waals surface area (Å²) in [5, 5.41) is 0. The first-order valence-electron chi connectivity index (χ1n) is 7.97. The fourth-order valence-corrected chi connectivity index (χ4v) is 3.64. The summed E-state index contributed by atoms with van der Waals surface area (Å²) in [5.41, 5.74) is 0.158. The van der Waals surface area contributed by atoms with Crippen LogP contribution in [0.3, 0.4) is 0 Å². The van der Waals surface area contributed by atoms with E-state index in [1.807, 2.05) is 18.2 Å². The van der Waals surface area contributed by atoms with E-state index >= 15 is 0 Å². The summed E-state index contributed by atoms with van der Waals surface area (Å²) in [5.74, 6) is 0.338. The van der Waals surface area contributed by atoms with Gasteiger partial charge in [-0.15, -0.1) is 0 Å². The Bertz CT molecular complexity index is 506. The Morgan fingerprint density at radius 2 is 1.86 bits per heavy atom. The second-order valence-corrected chi connectivity index (χ2v) is 6.72. The number of ether oxygens (including phenoxy) is 2. The van der Waals surface area contributed by atoms with Gasteiger partial charge in [0, 0.05) is 0 Å². The Balaban J connectivity index is 1.57. The summed E-state index contributed by atoms with van der Waals surface area (Å²) in [6.45, 7) is 4.59. The molecule has 2 aliphatic rings. The molecular formula is C18H24O3.